The zero-order chi connectivity index (χ0) is 12.0. The molecule has 88 valence electrons. The Bertz CT molecular complexity index is 337. The summed E-state index contributed by atoms with van der Waals surface area (Å²) in [6, 6.07) is 3.77. The molecular formula is C12H17BrN2O. The normalized spacial score (nSPS) is 12.4. The molecule has 1 aromatic heterocycles. The van der Waals surface area contributed by atoms with Crippen molar-refractivity contribution in [3.8, 4) is 0 Å². The van der Waals surface area contributed by atoms with Crippen molar-refractivity contribution in [2.24, 2.45) is 11.7 Å². The molecule has 0 radical (unpaired) electrons. The zero-order valence-corrected chi connectivity index (χ0v) is 11.0. The number of rotatable bonds is 6. The fourth-order valence-corrected chi connectivity index (χ4v) is 1.56. The van der Waals surface area contributed by atoms with Crippen LogP contribution in [0.4, 0.5) is 0 Å². The summed E-state index contributed by atoms with van der Waals surface area (Å²) < 4.78 is 0.931. The minimum Gasteiger partial charge on any atom is -0.330 e. The first-order chi connectivity index (χ1) is 7.61. The molecule has 0 spiro atoms. The van der Waals surface area contributed by atoms with E-state index in [0.717, 1.165) is 16.6 Å². The molecule has 1 atom stereocenters. The average molecular weight is 285 g/mol. The van der Waals surface area contributed by atoms with E-state index in [1.165, 1.54) is 0 Å². The van der Waals surface area contributed by atoms with Gasteiger partial charge < -0.3 is 5.73 Å². The molecule has 0 saturated carbocycles. The van der Waals surface area contributed by atoms with E-state index < -0.39 is 0 Å². The van der Waals surface area contributed by atoms with Crippen molar-refractivity contribution < 1.29 is 4.79 Å². The van der Waals surface area contributed by atoms with Crippen molar-refractivity contribution in [2.75, 3.05) is 6.54 Å². The fourth-order valence-electron chi connectivity index (χ4n) is 1.33. The summed E-state index contributed by atoms with van der Waals surface area (Å²) in [5.74, 6) is 0.650. The molecule has 1 rings (SSSR count). The van der Waals surface area contributed by atoms with E-state index in [4.69, 9.17) is 5.73 Å². The number of carbonyl (C=O) groups excluding carboxylic acids is 1. The van der Waals surface area contributed by atoms with Gasteiger partial charge >= 0.3 is 0 Å². The number of carbonyl (C=O) groups is 1. The molecule has 0 bridgehead atoms. The predicted octanol–water partition coefficient (Wildman–Crippen LogP) is 2.33. The Morgan fingerprint density at radius 3 is 2.88 bits per heavy atom. The molecule has 1 heterocycles. The van der Waals surface area contributed by atoms with Crippen molar-refractivity contribution in [3.63, 3.8) is 0 Å². The quantitative estimate of drug-likeness (QED) is 0.872. The third-order valence-electron chi connectivity index (χ3n) is 2.49. The second kappa shape index (κ2) is 6.76. The maximum Gasteiger partial charge on any atom is 0.138 e. The Labute approximate surface area is 105 Å². The number of aromatic nitrogens is 1. The maximum absolute atomic E-state index is 11.6. The zero-order valence-electron chi connectivity index (χ0n) is 9.45. The summed E-state index contributed by atoms with van der Waals surface area (Å²) in [6.07, 6.45) is 3.59. The number of pyridine rings is 1. The first kappa shape index (κ1) is 13.3. The van der Waals surface area contributed by atoms with Gasteiger partial charge in [0.2, 0.25) is 0 Å². The third-order valence-corrected chi connectivity index (χ3v) is 2.95. The van der Waals surface area contributed by atoms with Crippen LogP contribution in [0.2, 0.25) is 0 Å². The lowest BCUT2D eigenvalue weighted by Gasteiger charge is -2.06. The summed E-state index contributed by atoms with van der Waals surface area (Å²) in [7, 11) is 0. The lowest BCUT2D eigenvalue weighted by Crippen LogP contribution is -2.13. The summed E-state index contributed by atoms with van der Waals surface area (Å²) in [6.45, 7) is 2.70. The van der Waals surface area contributed by atoms with Gasteiger partial charge in [-0.1, -0.05) is 6.92 Å². The highest BCUT2D eigenvalue weighted by Gasteiger charge is 2.07. The lowest BCUT2D eigenvalue weighted by molar-refractivity contribution is -0.118. The Morgan fingerprint density at radius 1 is 1.56 bits per heavy atom. The highest BCUT2D eigenvalue weighted by Crippen LogP contribution is 2.10. The molecule has 0 aliphatic rings. The predicted molar refractivity (Wildman–Crippen MR) is 68.1 cm³/mol. The van der Waals surface area contributed by atoms with Gasteiger partial charge in [-0.05, 0) is 46.9 Å². The van der Waals surface area contributed by atoms with Gasteiger partial charge in [0, 0.05) is 29.2 Å². The number of nitrogens with two attached hydrogens (primary N) is 1. The van der Waals surface area contributed by atoms with Crippen LogP contribution in [0, 0.1) is 5.92 Å². The van der Waals surface area contributed by atoms with E-state index in [-0.39, 0.29) is 5.78 Å². The monoisotopic (exact) mass is 284 g/mol. The molecule has 0 aliphatic heterocycles. The van der Waals surface area contributed by atoms with E-state index in [9.17, 15) is 4.79 Å². The highest BCUT2D eigenvalue weighted by atomic mass is 79.9. The SMILES string of the molecule is CC(CN)CCC(=O)Cc1ccc(Br)cn1. The highest BCUT2D eigenvalue weighted by molar-refractivity contribution is 9.10. The Morgan fingerprint density at radius 2 is 2.31 bits per heavy atom. The Balaban J connectivity index is 2.37. The standard InChI is InChI=1S/C12H17BrN2O/c1-9(7-14)2-5-12(16)6-11-4-3-10(13)8-15-11/h3-4,8-9H,2,5-7,14H2,1H3. The van der Waals surface area contributed by atoms with E-state index in [1.54, 1.807) is 6.20 Å². The van der Waals surface area contributed by atoms with Gasteiger partial charge in [0.1, 0.15) is 5.78 Å². The molecule has 2 N–H and O–H groups in total. The van der Waals surface area contributed by atoms with Gasteiger partial charge in [0.15, 0.2) is 0 Å². The number of Topliss-reactive ketones (excluding diaryl/α,β-unsaturated/α-hetero) is 1. The molecule has 0 saturated heterocycles. The minimum absolute atomic E-state index is 0.232. The Kier molecular flexibility index (Phi) is 5.63. The second-order valence-corrected chi connectivity index (χ2v) is 4.98. The molecule has 0 aromatic carbocycles. The van der Waals surface area contributed by atoms with Crippen LogP contribution in [0.15, 0.2) is 22.8 Å². The van der Waals surface area contributed by atoms with Crippen molar-refractivity contribution in [3.05, 3.63) is 28.5 Å². The van der Waals surface area contributed by atoms with Crippen LogP contribution < -0.4 is 5.73 Å². The second-order valence-electron chi connectivity index (χ2n) is 4.06. The average Bonchev–Trinajstić information content (AvgIpc) is 2.29. The van der Waals surface area contributed by atoms with Crippen molar-refractivity contribution in [2.45, 2.75) is 26.2 Å². The first-order valence-corrected chi connectivity index (χ1v) is 6.23. The molecule has 4 heteroatoms. The van der Waals surface area contributed by atoms with Crippen LogP contribution in [0.3, 0.4) is 0 Å². The van der Waals surface area contributed by atoms with Gasteiger partial charge in [-0.25, -0.2) is 0 Å². The van der Waals surface area contributed by atoms with Crippen molar-refractivity contribution in [1.29, 1.82) is 0 Å². The van der Waals surface area contributed by atoms with E-state index in [0.29, 0.717) is 25.3 Å². The maximum atomic E-state index is 11.6. The Hall–Kier alpha value is -0.740. The summed E-state index contributed by atoms with van der Waals surface area (Å²) in [5, 5.41) is 0. The van der Waals surface area contributed by atoms with Crippen LogP contribution in [0.1, 0.15) is 25.5 Å². The van der Waals surface area contributed by atoms with E-state index >= 15 is 0 Å². The van der Waals surface area contributed by atoms with Gasteiger partial charge in [-0.3, -0.25) is 9.78 Å². The molecular weight excluding hydrogens is 268 g/mol. The van der Waals surface area contributed by atoms with Gasteiger partial charge in [-0.15, -0.1) is 0 Å². The number of nitrogens with zero attached hydrogens (tertiary/aromatic N) is 1. The van der Waals surface area contributed by atoms with Crippen LogP contribution >= 0.6 is 15.9 Å². The topological polar surface area (TPSA) is 56.0 Å². The summed E-state index contributed by atoms with van der Waals surface area (Å²) >= 11 is 3.31. The van der Waals surface area contributed by atoms with Crippen molar-refractivity contribution >= 4 is 21.7 Å². The molecule has 0 amide bonds. The third kappa shape index (κ3) is 4.86. The molecule has 1 aromatic rings. The first-order valence-electron chi connectivity index (χ1n) is 5.44. The number of hydrogen-bond donors (Lipinski definition) is 1. The smallest absolute Gasteiger partial charge is 0.138 e. The van der Waals surface area contributed by atoms with E-state index in [2.05, 4.69) is 27.8 Å². The van der Waals surface area contributed by atoms with Gasteiger partial charge in [0.25, 0.3) is 0 Å². The minimum atomic E-state index is 0.232. The summed E-state index contributed by atoms with van der Waals surface area (Å²) in [5.41, 5.74) is 6.33. The number of ketones is 1. The molecule has 3 nitrogen and oxygen atoms in total. The van der Waals surface area contributed by atoms with Crippen LogP contribution in [0.5, 0.6) is 0 Å². The van der Waals surface area contributed by atoms with Gasteiger partial charge in [0.05, 0.1) is 0 Å². The van der Waals surface area contributed by atoms with Crippen LogP contribution in [-0.2, 0) is 11.2 Å². The van der Waals surface area contributed by atoms with Gasteiger partial charge in [-0.2, -0.15) is 0 Å². The van der Waals surface area contributed by atoms with Crippen LogP contribution in [-0.4, -0.2) is 17.3 Å². The van der Waals surface area contributed by atoms with Crippen LogP contribution in [0.25, 0.3) is 0 Å². The number of halogens is 1. The lowest BCUT2D eigenvalue weighted by atomic mass is 10.0. The number of hydrogen-bond acceptors (Lipinski definition) is 3. The fraction of sp³-hybridized carbons (Fsp3) is 0.500. The molecule has 0 fully saturated rings. The summed E-state index contributed by atoms with van der Waals surface area (Å²) in [4.78, 5) is 15.8. The molecule has 16 heavy (non-hydrogen) atoms. The molecule has 1 unspecified atom stereocenters. The molecule has 0 aliphatic carbocycles. The largest absolute Gasteiger partial charge is 0.330 e. The van der Waals surface area contributed by atoms with E-state index in [1.807, 2.05) is 12.1 Å². The van der Waals surface area contributed by atoms with Crippen molar-refractivity contribution in [1.82, 2.24) is 4.98 Å².